The molecule has 30 heavy (non-hydrogen) atoms. The van der Waals surface area contributed by atoms with Crippen molar-refractivity contribution in [1.29, 1.82) is 0 Å². The van der Waals surface area contributed by atoms with Gasteiger partial charge in [-0.1, -0.05) is 12.1 Å². The predicted octanol–water partition coefficient (Wildman–Crippen LogP) is 3.82. The highest BCUT2D eigenvalue weighted by Crippen LogP contribution is 2.59. The minimum absolute atomic E-state index is 0.00579. The van der Waals surface area contributed by atoms with Crippen LogP contribution >= 0.6 is 0 Å². The van der Waals surface area contributed by atoms with Crippen molar-refractivity contribution in [1.82, 2.24) is 19.5 Å². The number of halogens is 5. The zero-order chi connectivity index (χ0) is 21.4. The number of aromatic amines is 1. The van der Waals surface area contributed by atoms with Crippen molar-refractivity contribution in [3.63, 3.8) is 0 Å². The van der Waals surface area contributed by atoms with Crippen LogP contribution in [0.5, 0.6) is 0 Å². The third-order valence-electron chi connectivity index (χ3n) is 5.36. The average Bonchev–Trinajstić information content (AvgIpc) is 3.28. The van der Waals surface area contributed by atoms with Gasteiger partial charge in [0.05, 0.1) is 24.0 Å². The van der Waals surface area contributed by atoms with Gasteiger partial charge >= 0.3 is 6.18 Å². The lowest BCUT2D eigenvalue weighted by Crippen LogP contribution is -2.39. The molecule has 156 valence electrons. The van der Waals surface area contributed by atoms with E-state index in [0.717, 1.165) is 16.4 Å². The van der Waals surface area contributed by atoms with E-state index < -0.39 is 50.9 Å². The van der Waals surface area contributed by atoms with E-state index in [-0.39, 0.29) is 22.4 Å². The summed E-state index contributed by atoms with van der Waals surface area (Å²) in [4.78, 5) is 2.63. The molecular weight excluding hydrogens is 431 g/mol. The second kappa shape index (κ2) is 6.08. The first-order valence-corrected chi connectivity index (χ1v) is 10.1. The van der Waals surface area contributed by atoms with Crippen molar-refractivity contribution in [2.75, 3.05) is 0 Å². The number of nitrogens with one attached hydrogen (secondary N) is 1. The first-order valence-electron chi connectivity index (χ1n) is 8.64. The van der Waals surface area contributed by atoms with E-state index in [1.807, 2.05) is 0 Å². The number of alkyl halides is 4. The van der Waals surface area contributed by atoms with Gasteiger partial charge in [0, 0.05) is 17.3 Å². The summed E-state index contributed by atoms with van der Waals surface area (Å²) in [5, 5.41) is 6.25. The Balaban J connectivity index is 1.69. The number of sulfonamides is 1. The van der Waals surface area contributed by atoms with Crippen molar-refractivity contribution in [2.24, 2.45) is 0 Å². The van der Waals surface area contributed by atoms with Crippen LogP contribution in [0.1, 0.15) is 46.3 Å². The number of aromatic nitrogens is 3. The fraction of sp³-hybridized carbons (Fsp3) is 0.222. The Morgan fingerprint density at radius 1 is 1.07 bits per heavy atom. The number of benzene rings is 1. The van der Waals surface area contributed by atoms with E-state index in [4.69, 9.17) is 0 Å². The number of rotatable bonds is 2. The molecule has 0 saturated carbocycles. The number of nitrogens with zero attached hydrogens (tertiary/aromatic N) is 3. The van der Waals surface area contributed by atoms with Gasteiger partial charge in [0.15, 0.2) is 6.17 Å². The van der Waals surface area contributed by atoms with Crippen molar-refractivity contribution >= 4 is 10.0 Å². The summed E-state index contributed by atoms with van der Waals surface area (Å²) in [7, 11) is -4.54. The van der Waals surface area contributed by atoms with Crippen molar-refractivity contribution in [2.45, 2.75) is 29.3 Å². The van der Waals surface area contributed by atoms with Gasteiger partial charge in [0.25, 0.3) is 0 Å². The van der Waals surface area contributed by atoms with E-state index in [9.17, 15) is 26.0 Å². The van der Waals surface area contributed by atoms with Crippen molar-refractivity contribution < 1.29 is 30.4 Å². The standard InChI is InChI=1S/C18H11F5N4O2S/c19-11-3-1-2-9-13(11)16-10-7-25-26-15(10)14(20)17(9)27(16)30(28,29)8-4-5-12(24-6-8)18(21,22)23/h1-7,14,16-17H,(H,25,26)/t14-,16-,17-/m0/s1. The van der Waals surface area contributed by atoms with Crippen molar-refractivity contribution in [3.05, 3.63) is 76.6 Å². The second-order valence-electron chi connectivity index (χ2n) is 6.94. The molecule has 2 aliphatic rings. The Morgan fingerprint density at radius 2 is 1.83 bits per heavy atom. The van der Waals surface area contributed by atoms with E-state index in [0.29, 0.717) is 12.3 Å². The van der Waals surface area contributed by atoms with Gasteiger partial charge in [-0.25, -0.2) is 17.2 Å². The molecule has 0 unspecified atom stereocenters. The lowest BCUT2D eigenvalue weighted by molar-refractivity contribution is -0.141. The fourth-order valence-corrected chi connectivity index (χ4v) is 5.80. The maximum absolute atomic E-state index is 15.4. The molecule has 0 amide bonds. The summed E-state index contributed by atoms with van der Waals surface area (Å²) in [6.45, 7) is 0. The van der Waals surface area contributed by atoms with Gasteiger partial charge in [-0.15, -0.1) is 0 Å². The summed E-state index contributed by atoms with van der Waals surface area (Å²) in [5.74, 6) is -0.716. The molecule has 4 heterocycles. The van der Waals surface area contributed by atoms with Gasteiger partial charge in [-0.05, 0) is 23.8 Å². The van der Waals surface area contributed by atoms with Crippen LogP contribution in [0.15, 0.2) is 47.6 Å². The molecule has 12 heteroatoms. The van der Waals surface area contributed by atoms with Crippen LogP contribution in [0.25, 0.3) is 0 Å². The smallest absolute Gasteiger partial charge is 0.279 e. The van der Waals surface area contributed by atoms with E-state index in [1.165, 1.54) is 18.3 Å². The van der Waals surface area contributed by atoms with Crippen molar-refractivity contribution in [3.8, 4) is 0 Å². The van der Waals surface area contributed by atoms with E-state index in [1.54, 1.807) is 0 Å². The van der Waals surface area contributed by atoms with E-state index in [2.05, 4.69) is 15.2 Å². The number of hydrogen-bond donors (Lipinski definition) is 1. The summed E-state index contributed by atoms with van der Waals surface area (Å²) >= 11 is 0. The molecule has 6 nitrogen and oxygen atoms in total. The molecule has 0 saturated heterocycles. The molecule has 0 radical (unpaired) electrons. The summed E-state index contributed by atoms with van der Waals surface area (Å²) in [5.41, 5.74) is -0.934. The van der Waals surface area contributed by atoms with Crippen LogP contribution < -0.4 is 0 Å². The monoisotopic (exact) mass is 442 g/mol. The van der Waals surface area contributed by atoms with Crippen LogP contribution in [-0.2, 0) is 16.2 Å². The molecule has 2 aromatic heterocycles. The van der Waals surface area contributed by atoms with Crippen LogP contribution in [0.2, 0.25) is 0 Å². The van der Waals surface area contributed by atoms with Gasteiger partial charge in [-0.3, -0.25) is 10.1 Å². The van der Waals surface area contributed by atoms with Crippen LogP contribution in [0, 0.1) is 5.82 Å². The topological polar surface area (TPSA) is 79.0 Å². The van der Waals surface area contributed by atoms with Crippen LogP contribution in [0.3, 0.4) is 0 Å². The Hall–Kier alpha value is -2.86. The zero-order valence-electron chi connectivity index (χ0n) is 14.7. The molecule has 1 aromatic carbocycles. The SMILES string of the molecule is O=S(=O)(c1ccc(C(F)(F)F)nc1)N1[C@H]2c3cn[nH]c3[C@H](F)[C@@H]1c1cccc(F)c12. The van der Waals surface area contributed by atoms with Gasteiger partial charge in [0.1, 0.15) is 16.4 Å². The lowest BCUT2D eigenvalue weighted by Gasteiger charge is -2.35. The number of pyridine rings is 1. The zero-order valence-corrected chi connectivity index (χ0v) is 15.5. The largest absolute Gasteiger partial charge is 0.433 e. The van der Waals surface area contributed by atoms with Crippen LogP contribution in [0.4, 0.5) is 22.0 Å². The van der Waals surface area contributed by atoms with Crippen LogP contribution in [-0.4, -0.2) is 27.9 Å². The molecule has 0 spiro atoms. The highest BCUT2D eigenvalue weighted by Gasteiger charge is 2.56. The minimum atomic E-state index is -4.75. The summed E-state index contributed by atoms with van der Waals surface area (Å²) in [6.07, 6.45) is -4.84. The van der Waals surface area contributed by atoms with E-state index >= 15 is 4.39 Å². The summed E-state index contributed by atoms with van der Waals surface area (Å²) in [6, 6.07) is 2.59. The molecule has 0 aliphatic carbocycles. The maximum atomic E-state index is 15.4. The van der Waals surface area contributed by atoms with Gasteiger partial charge < -0.3 is 0 Å². The lowest BCUT2D eigenvalue weighted by atomic mass is 9.99. The molecule has 2 bridgehead atoms. The third-order valence-corrected chi connectivity index (χ3v) is 7.19. The fourth-order valence-electron chi connectivity index (χ4n) is 4.12. The molecule has 1 N–H and O–H groups in total. The predicted molar refractivity (Wildman–Crippen MR) is 91.7 cm³/mol. The maximum Gasteiger partial charge on any atom is 0.433 e. The molecule has 3 aromatic rings. The van der Waals surface area contributed by atoms with Gasteiger partial charge in [0.2, 0.25) is 10.0 Å². The Labute approximate surface area is 166 Å². The first kappa shape index (κ1) is 19.1. The molecule has 2 aliphatic heterocycles. The number of H-pyrrole nitrogens is 1. The Bertz CT molecular complexity index is 1260. The Kier molecular flexibility index (Phi) is 3.87. The highest BCUT2D eigenvalue weighted by molar-refractivity contribution is 7.89. The number of fused-ring (bicyclic) bond motifs is 7. The second-order valence-corrected chi connectivity index (χ2v) is 8.79. The molecular formula is C18H11F5N4O2S. The summed E-state index contributed by atoms with van der Waals surface area (Å²) < 4.78 is 95.9. The average molecular weight is 442 g/mol. The van der Waals surface area contributed by atoms with Gasteiger partial charge in [-0.2, -0.15) is 22.6 Å². The third kappa shape index (κ3) is 2.46. The Morgan fingerprint density at radius 3 is 2.50 bits per heavy atom. The highest BCUT2D eigenvalue weighted by atomic mass is 32.2. The quantitative estimate of drug-likeness (QED) is 0.612. The molecule has 3 atom stereocenters. The minimum Gasteiger partial charge on any atom is -0.279 e. The normalized spacial score (nSPS) is 23.3. The molecule has 0 fully saturated rings. The number of hydrogen-bond acceptors (Lipinski definition) is 4. The molecule has 5 rings (SSSR count). The first-order chi connectivity index (χ1) is 14.1.